The third kappa shape index (κ3) is 4.34. The van der Waals surface area contributed by atoms with Gasteiger partial charge in [-0.25, -0.2) is 0 Å². The maximum atomic E-state index is 8.75. The molecule has 0 amide bonds. The lowest BCUT2D eigenvalue weighted by Gasteiger charge is -2.15. The van der Waals surface area contributed by atoms with Crippen molar-refractivity contribution in [1.29, 1.82) is 0 Å². The Labute approximate surface area is 91.3 Å². The second-order valence-electron chi connectivity index (χ2n) is 4.39. The van der Waals surface area contributed by atoms with Crippen molar-refractivity contribution >= 4 is 5.69 Å². The fourth-order valence-corrected chi connectivity index (χ4v) is 1.71. The van der Waals surface area contributed by atoms with Crippen molar-refractivity contribution in [3.8, 4) is 0 Å². The van der Waals surface area contributed by atoms with Crippen molar-refractivity contribution in [2.24, 2.45) is 5.92 Å². The third-order valence-electron chi connectivity index (χ3n) is 2.20. The first-order chi connectivity index (χ1) is 7.11. The Balaban J connectivity index is 2.42. The van der Waals surface area contributed by atoms with Crippen molar-refractivity contribution in [1.82, 2.24) is 9.78 Å². The van der Waals surface area contributed by atoms with Gasteiger partial charge in [0.05, 0.1) is 25.0 Å². The van der Waals surface area contributed by atoms with E-state index >= 15 is 0 Å². The maximum absolute atomic E-state index is 8.75. The van der Waals surface area contributed by atoms with E-state index in [0.29, 0.717) is 18.5 Å². The van der Waals surface area contributed by atoms with Crippen LogP contribution in [-0.2, 0) is 6.54 Å². The van der Waals surface area contributed by atoms with Gasteiger partial charge in [0, 0.05) is 12.2 Å². The van der Waals surface area contributed by atoms with Crippen LogP contribution >= 0.6 is 0 Å². The molecule has 0 radical (unpaired) electrons. The van der Waals surface area contributed by atoms with Gasteiger partial charge in [-0.3, -0.25) is 4.68 Å². The summed E-state index contributed by atoms with van der Waals surface area (Å²) in [6.45, 7) is 7.28. The van der Waals surface area contributed by atoms with E-state index in [1.807, 2.05) is 6.20 Å². The zero-order valence-corrected chi connectivity index (χ0v) is 9.77. The zero-order chi connectivity index (χ0) is 11.3. The molecule has 15 heavy (non-hydrogen) atoms. The SMILES string of the molecule is CC(C)CC(C)Nc1cnn(CCO)c1. The number of hydrogen-bond acceptors (Lipinski definition) is 3. The second-order valence-corrected chi connectivity index (χ2v) is 4.39. The van der Waals surface area contributed by atoms with Crippen molar-refractivity contribution < 1.29 is 5.11 Å². The van der Waals surface area contributed by atoms with E-state index in [1.165, 1.54) is 0 Å². The van der Waals surface area contributed by atoms with Crippen LogP contribution in [0, 0.1) is 5.92 Å². The van der Waals surface area contributed by atoms with Crippen molar-refractivity contribution in [2.45, 2.75) is 39.8 Å². The first-order valence-corrected chi connectivity index (χ1v) is 5.51. The van der Waals surface area contributed by atoms with Gasteiger partial charge >= 0.3 is 0 Å². The number of nitrogens with one attached hydrogen (secondary N) is 1. The summed E-state index contributed by atoms with van der Waals surface area (Å²) >= 11 is 0. The molecule has 0 spiro atoms. The summed E-state index contributed by atoms with van der Waals surface area (Å²) in [6.07, 6.45) is 4.87. The standard InChI is InChI=1S/C11H21N3O/c1-9(2)6-10(3)13-11-7-12-14(8-11)4-5-15/h7-10,13,15H,4-6H2,1-3H3. The molecule has 0 aromatic carbocycles. The van der Waals surface area contributed by atoms with E-state index in [0.717, 1.165) is 12.1 Å². The molecular formula is C11H21N3O. The van der Waals surface area contributed by atoms with Gasteiger partial charge in [0.1, 0.15) is 0 Å². The number of aliphatic hydroxyl groups is 1. The van der Waals surface area contributed by atoms with Gasteiger partial charge in [-0.15, -0.1) is 0 Å². The van der Waals surface area contributed by atoms with E-state index in [9.17, 15) is 0 Å². The van der Waals surface area contributed by atoms with Gasteiger partial charge in [0.25, 0.3) is 0 Å². The number of anilines is 1. The van der Waals surface area contributed by atoms with Crippen LogP contribution in [0.3, 0.4) is 0 Å². The highest BCUT2D eigenvalue weighted by Gasteiger charge is 2.05. The molecule has 0 aliphatic rings. The Morgan fingerprint density at radius 1 is 1.47 bits per heavy atom. The first kappa shape index (κ1) is 12.0. The van der Waals surface area contributed by atoms with Crippen LogP contribution in [0.2, 0.25) is 0 Å². The highest BCUT2D eigenvalue weighted by molar-refractivity contribution is 5.38. The molecule has 0 bridgehead atoms. The van der Waals surface area contributed by atoms with Gasteiger partial charge in [0.2, 0.25) is 0 Å². The molecule has 0 saturated heterocycles. The van der Waals surface area contributed by atoms with Crippen LogP contribution in [0.15, 0.2) is 12.4 Å². The average molecular weight is 211 g/mol. The predicted octanol–water partition coefficient (Wildman–Crippen LogP) is 1.72. The molecule has 86 valence electrons. The van der Waals surface area contributed by atoms with Crippen LogP contribution in [0.1, 0.15) is 27.2 Å². The van der Waals surface area contributed by atoms with Crippen LogP contribution < -0.4 is 5.32 Å². The third-order valence-corrected chi connectivity index (χ3v) is 2.20. The Kier molecular flexibility index (Phi) is 4.62. The molecule has 0 aliphatic heterocycles. The van der Waals surface area contributed by atoms with Crippen molar-refractivity contribution in [2.75, 3.05) is 11.9 Å². The molecular weight excluding hydrogens is 190 g/mol. The highest BCUT2D eigenvalue weighted by atomic mass is 16.3. The topological polar surface area (TPSA) is 50.1 Å². The number of nitrogens with zero attached hydrogens (tertiary/aromatic N) is 2. The van der Waals surface area contributed by atoms with E-state index in [2.05, 4.69) is 31.2 Å². The minimum Gasteiger partial charge on any atom is -0.394 e. The van der Waals surface area contributed by atoms with Crippen molar-refractivity contribution in [3.63, 3.8) is 0 Å². The summed E-state index contributed by atoms with van der Waals surface area (Å²) in [5.74, 6) is 0.694. The summed E-state index contributed by atoms with van der Waals surface area (Å²) in [6, 6.07) is 0.455. The average Bonchev–Trinajstić information content (AvgIpc) is 2.51. The molecule has 1 aromatic heterocycles. The molecule has 1 unspecified atom stereocenters. The quantitative estimate of drug-likeness (QED) is 0.753. The monoisotopic (exact) mass is 211 g/mol. The lowest BCUT2D eigenvalue weighted by molar-refractivity contribution is 0.269. The lowest BCUT2D eigenvalue weighted by atomic mass is 10.1. The van der Waals surface area contributed by atoms with Crippen LogP contribution in [0.5, 0.6) is 0 Å². The lowest BCUT2D eigenvalue weighted by Crippen LogP contribution is -2.17. The Morgan fingerprint density at radius 3 is 2.80 bits per heavy atom. The fraction of sp³-hybridized carbons (Fsp3) is 0.727. The first-order valence-electron chi connectivity index (χ1n) is 5.51. The van der Waals surface area contributed by atoms with Crippen LogP contribution in [-0.4, -0.2) is 27.5 Å². The maximum Gasteiger partial charge on any atom is 0.0728 e. The summed E-state index contributed by atoms with van der Waals surface area (Å²) in [7, 11) is 0. The Morgan fingerprint density at radius 2 is 2.20 bits per heavy atom. The molecule has 1 atom stereocenters. The molecule has 1 aromatic rings. The molecule has 0 fully saturated rings. The van der Waals surface area contributed by atoms with Gasteiger partial charge < -0.3 is 10.4 Å². The predicted molar refractivity (Wildman–Crippen MR) is 61.9 cm³/mol. The van der Waals surface area contributed by atoms with Crippen LogP contribution in [0.25, 0.3) is 0 Å². The Bertz CT molecular complexity index is 283. The summed E-state index contributed by atoms with van der Waals surface area (Å²) in [5.41, 5.74) is 1.02. The number of aliphatic hydroxyl groups excluding tert-OH is 1. The van der Waals surface area contributed by atoms with Gasteiger partial charge in [-0.05, 0) is 19.3 Å². The van der Waals surface area contributed by atoms with E-state index in [4.69, 9.17) is 5.11 Å². The molecule has 4 heteroatoms. The molecule has 4 nitrogen and oxygen atoms in total. The summed E-state index contributed by atoms with van der Waals surface area (Å²) < 4.78 is 1.74. The van der Waals surface area contributed by atoms with E-state index in [-0.39, 0.29) is 6.61 Å². The fourth-order valence-electron chi connectivity index (χ4n) is 1.71. The Hall–Kier alpha value is -1.03. The normalized spacial score (nSPS) is 13.1. The molecule has 1 heterocycles. The molecule has 2 N–H and O–H groups in total. The molecule has 1 rings (SSSR count). The summed E-state index contributed by atoms with van der Waals surface area (Å²) in [4.78, 5) is 0. The van der Waals surface area contributed by atoms with E-state index in [1.54, 1.807) is 10.9 Å². The molecule has 0 aliphatic carbocycles. The number of hydrogen-bond donors (Lipinski definition) is 2. The number of rotatable bonds is 6. The minimum absolute atomic E-state index is 0.128. The summed E-state index contributed by atoms with van der Waals surface area (Å²) in [5, 5.41) is 16.3. The highest BCUT2D eigenvalue weighted by Crippen LogP contribution is 2.11. The van der Waals surface area contributed by atoms with Gasteiger partial charge in [-0.2, -0.15) is 5.10 Å². The van der Waals surface area contributed by atoms with E-state index < -0.39 is 0 Å². The minimum atomic E-state index is 0.128. The molecule has 0 saturated carbocycles. The van der Waals surface area contributed by atoms with Crippen molar-refractivity contribution in [3.05, 3.63) is 12.4 Å². The zero-order valence-electron chi connectivity index (χ0n) is 9.77. The largest absolute Gasteiger partial charge is 0.394 e. The van der Waals surface area contributed by atoms with Crippen LogP contribution in [0.4, 0.5) is 5.69 Å². The van der Waals surface area contributed by atoms with Gasteiger partial charge in [0.15, 0.2) is 0 Å². The smallest absolute Gasteiger partial charge is 0.0728 e. The number of aromatic nitrogens is 2. The second kappa shape index (κ2) is 5.75. The van der Waals surface area contributed by atoms with Gasteiger partial charge in [-0.1, -0.05) is 13.8 Å².